The Morgan fingerprint density at radius 2 is 1.63 bits per heavy atom. The summed E-state index contributed by atoms with van der Waals surface area (Å²) in [6, 6.07) is 23.1. The molecular formula is C36H35N5O2. The van der Waals surface area contributed by atoms with E-state index in [1.807, 2.05) is 37.5 Å². The Kier molecular flexibility index (Phi) is 6.38. The summed E-state index contributed by atoms with van der Waals surface area (Å²) in [5, 5.41) is 1.09. The first-order valence-corrected chi connectivity index (χ1v) is 15.3. The molecule has 1 aliphatic carbocycles. The fourth-order valence-corrected chi connectivity index (χ4v) is 7.50. The molecule has 3 aromatic heterocycles. The third-order valence-electron chi connectivity index (χ3n) is 9.81. The Balaban J connectivity index is 1.06. The number of carbonyl (C=O) groups is 1. The number of aromatic amines is 1. The molecule has 1 amide bonds. The van der Waals surface area contributed by atoms with E-state index in [-0.39, 0.29) is 5.69 Å². The number of primary amides is 1. The fraction of sp³-hybridized carbons (Fsp3) is 0.306. The van der Waals surface area contributed by atoms with Crippen LogP contribution >= 0.6 is 0 Å². The fourth-order valence-electron chi connectivity index (χ4n) is 7.50. The van der Waals surface area contributed by atoms with Crippen LogP contribution in [-0.4, -0.2) is 57.1 Å². The first-order valence-electron chi connectivity index (χ1n) is 15.3. The van der Waals surface area contributed by atoms with Crippen molar-refractivity contribution in [3.05, 3.63) is 95.4 Å². The lowest BCUT2D eigenvalue weighted by molar-refractivity contribution is -0.148. The molecule has 43 heavy (non-hydrogen) atoms. The zero-order valence-electron chi connectivity index (χ0n) is 24.3. The van der Waals surface area contributed by atoms with E-state index in [0.29, 0.717) is 18.1 Å². The molecule has 0 saturated carbocycles. The van der Waals surface area contributed by atoms with Crippen LogP contribution in [0.1, 0.15) is 46.4 Å². The average Bonchev–Trinajstić information content (AvgIpc) is 3.35. The number of aryl methyl sites for hydroxylation is 3. The Labute approximate surface area is 251 Å². The number of aromatic nitrogens is 3. The number of nitrogens with one attached hydrogen (secondary N) is 1. The van der Waals surface area contributed by atoms with Crippen molar-refractivity contribution >= 4 is 16.9 Å². The van der Waals surface area contributed by atoms with Gasteiger partial charge in [0.1, 0.15) is 11.3 Å². The number of carbonyl (C=O) groups excluding carboxylic acids is 1. The number of benzene rings is 2. The summed E-state index contributed by atoms with van der Waals surface area (Å²) < 4.78 is 5.74. The number of hydrogen-bond donors (Lipinski definition) is 2. The van der Waals surface area contributed by atoms with Crippen LogP contribution in [0.4, 0.5) is 0 Å². The van der Waals surface area contributed by atoms with Crippen LogP contribution < -0.4 is 5.73 Å². The molecule has 5 heterocycles. The van der Waals surface area contributed by atoms with Crippen LogP contribution in [-0.2, 0) is 17.6 Å². The predicted octanol–water partition coefficient (Wildman–Crippen LogP) is 6.09. The standard InChI is InChI=1S/C36H35N5O2/c1-21-2-13-33(35(37)42)40-34(21)24-6-4-23(5-7-24)32-18-39-36-31(32)15-27(17-38-36)26-8-3-22-9-11-28(12-10-25(22)14-26)41-29-16-30(41)20-43-19-29/h2-8,13-15,17-18,28-30H,9-12,16,19-20H2,1H3,(H2,37,42)(H,38,39)/t28-,29?,30?/m0/s1. The van der Waals surface area contributed by atoms with E-state index in [0.717, 1.165) is 70.6 Å². The molecule has 2 bridgehead atoms. The van der Waals surface area contributed by atoms with Crippen molar-refractivity contribution in [2.45, 2.75) is 57.2 Å². The number of rotatable bonds is 5. The molecule has 216 valence electrons. The van der Waals surface area contributed by atoms with Gasteiger partial charge in [0.2, 0.25) is 0 Å². The molecule has 3 atom stereocenters. The van der Waals surface area contributed by atoms with Gasteiger partial charge in [-0.2, -0.15) is 0 Å². The average molecular weight is 570 g/mol. The minimum absolute atomic E-state index is 0.270. The third kappa shape index (κ3) is 4.64. The molecular weight excluding hydrogens is 534 g/mol. The van der Waals surface area contributed by atoms with Gasteiger partial charge in [-0.25, -0.2) is 9.97 Å². The maximum absolute atomic E-state index is 11.7. The van der Waals surface area contributed by atoms with Gasteiger partial charge in [0, 0.05) is 52.6 Å². The maximum atomic E-state index is 11.7. The zero-order valence-corrected chi connectivity index (χ0v) is 24.3. The van der Waals surface area contributed by atoms with Crippen molar-refractivity contribution in [1.82, 2.24) is 19.9 Å². The summed E-state index contributed by atoms with van der Waals surface area (Å²) in [7, 11) is 0. The predicted molar refractivity (Wildman–Crippen MR) is 169 cm³/mol. The maximum Gasteiger partial charge on any atom is 0.267 e. The van der Waals surface area contributed by atoms with Gasteiger partial charge in [-0.3, -0.25) is 9.69 Å². The lowest BCUT2D eigenvalue weighted by atomic mass is 9.87. The molecule has 0 radical (unpaired) electrons. The second kappa shape index (κ2) is 10.4. The highest BCUT2D eigenvalue weighted by atomic mass is 16.5. The Morgan fingerprint density at radius 3 is 2.40 bits per heavy atom. The van der Waals surface area contributed by atoms with E-state index >= 15 is 0 Å². The van der Waals surface area contributed by atoms with Crippen molar-refractivity contribution in [2.24, 2.45) is 5.73 Å². The van der Waals surface area contributed by atoms with Gasteiger partial charge in [-0.1, -0.05) is 48.5 Å². The number of nitrogens with zero attached hydrogens (tertiary/aromatic N) is 3. The van der Waals surface area contributed by atoms with E-state index in [1.54, 1.807) is 6.07 Å². The minimum atomic E-state index is -0.525. The molecule has 8 rings (SSSR count). The van der Waals surface area contributed by atoms with Crippen LogP contribution in [0.3, 0.4) is 0 Å². The molecule has 2 aromatic carbocycles. The number of fused-ring (bicyclic) bond motifs is 4. The van der Waals surface area contributed by atoms with Crippen LogP contribution in [0.2, 0.25) is 0 Å². The summed E-state index contributed by atoms with van der Waals surface area (Å²) in [6.45, 7) is 3.81. The first kappa shape index (κ1) is 26.3. The van der Waals surface area contributed by atoms with Gasteiger partial charge in [-0.05, 0) is 79.0 Å². The van der Waals surface area contributed by atoms with Gasteiger partial charge >= 0.3 is 0 Å². The van der Waals surface area contributed by atoms with E-state index in [1.165, 1.54) is 36.0 Å². The Bertz CT molecular complexity index is 1850. The molecule has 3 N–H and O–H groups in total. The van der Waals surface area contributed by atoms with E-state index in [2.05, 4.69) is 51.3 Å². The van der Waals surface area contributed by atoms with Gasteiger partial charge in [0.15, 0.2) is 0 Å². The number of amides is 1. The Morgan fingerprint density at radius 1 is 0.884 bits per heavy atom. The van der Waals surface area contributed by atoms with Crippen molar-refractivity contribution in [1.29, 1.82) is 0 Å². The minimum Gasteiger partial charge on any atom is -0.378 e. The molecule has 7 nitrogen and oxygen atoms in total. The normalized spacial score (nSPS) is 21.7. The summed E-state index contributed by atoms with van der Waals surface area (Å²) in [4.78, 5) is 27.1. The number of pyridine rings is 2. The highest BCUT2D eigenvalue weighted by Gasteiger charge is 2.45. The highest BCUT2D eigenvalue weighted by molar-refractivity contribution is 5.96. The van der Waals surface area contributed by atoms with Crippen molar-refractivity contribution in [2.75, 3.05) is 13.2 Å². The molecule has 2 saturated heterocycles. The largest absolute Gasteiger partial charge is 0.378 e. The molecule has 5 aromatic rings. The number of hydrogen-bond acceptors (Lipinski definition) is 5. The second-order valence-corrected chi connectivity index (χ2v) is 12.4. The van der Waals surface area contributed by atoms with Crippen LogP contribution in [0.15, 0.2) is 73.1 Å². The molecule has 7 heteroatoms. The second-order valence-electron chi connectivity index (χ2n) is 12.4. The van der Waals surface area contributed by atoms with E-state index < -0.39 is 5.91 Å². The molecule has 2 unspecified atom stereocenters. The highest BCUT2D eigenvalue weighted by Crippen LogP contribution is 2.38. The SMILES string of the molecule is Cc1ccc(C(N)=O)nc1-c1ccc(-c2c[nH]c3ncc(-c4ccc5c(c4)CC[C@@H](N4C6COCC4C6)CC5)cc23)cc1. The number of ether oxygens (including phenoxy) is 1. The van der Waals surface area contributed by atoms with E-state index in [9.17, 15) is 4.79 Å². The lowest BCUT2D eigenvalue weighted by Crippen LogP contribution is -2.66. The van der Waals surface area contributed by atoms with Gasteiger partial charge in [0.25, 0.3) is 5.91 Å². The van der Waals surface area contributed by atoms with Crippen LogP contribution in [0.5, 0.6) is 0 Å². The van der Waals surface area contributed by atoms with Crippen LogP contribution in [0, 0.1) is 6.92 Å². The van der Waals surface area contributed by atoms with Crippen molar-refractivity contribution < 1.29 is 9.53 Å². The van der Waals surface area contributed by atoms with Gasteiger partial charge in [0.05, 0.1) is 18.9 Å². The topological polar surface area (TPSA) is 97.1 Å². The number of H-pyrrole nitrogens is 1. The smallest absolute Gasteiger partial charge is 0.267 e. The quantitative estimate of drug-likeness (QED) is 0.250. The molecule has 0 spiro atoms. The number of nitrogens with two attached hydrogens (primary N) is 1. The molecule has 2 aliphatic heterocycles. The number of morpholine rings is 1. The summed E-state index contributed by atoms with van der Waals surface area (Å²) in [6.07, 6.45) is 10.1. The van der Waals surface area contributed by atoms with Crippen molar-refractivity contribution in [3.63, 3.8) is 0 Å². The zero-order chi connectivity index (χ0) is 29.1. The molecule has 3 aliphatic rings. The molecule has 2 fully saturated rings. The third-order valence-corrected chi connectivity index (χ3v) is 9.81. The Hall–Kier alpha value is -4.33. The summed E-state index contributed by atoms with van der Waals surface area (Å²) in [5.74, 6) is -0.525. The van der Waals surface area contributed by atoms with Gasteiger partial charge in [-0.15, -0.1) is 0 Å². The lowest BCUT2D eigenvalue weighted by Gasteiger charge is -2.56. The van der Waals surface area contributed by atoms with E-state index in [4.69, 9.17) is 15.5 Å². The van der Waals surface area contributed by atoms with Crippen molar-refractivity contribution in [3.8, 4) is 33.5 Å². The summed E-state index contributed by atoms with van der Waals surface area (Å²) >= 11 is 0. The summed E-state index contributed by atoms with van der Waals surface area (Å²) in [5.41, 5.74) is 16.8. The first-order chi connectivity index (χ1) is 21.0. The van der Waals surface area contributed by atoms with Gasteiger partial charge < -0.3 is 15.5 Å². The monoisotopic (exact) mass is 569 g/mol. The van der Waals surface area contributed by atoms with Crippen LogP contribution in [0.25, 0.3) is 44.5 Å².